The highest BCUT2D eigenvalue weighted by Crippen LogP contribution is 2.29. The first-order valence-corrected chi connectivity index (χ1v) is 9.60. The number of aliphatic carboxylic acids is 2. The van der Waals surface area contributed by atoms with E-state index in [0.717, 1.165) is 19.6 Å². The molecule has 0 aliphatic carbocycles. The van der Waals surface area contributed by atoms with E-state index in [-0.39, 0.29) is 5.91 Å². The van der Waals surface area contributed by atoms with E-state index in [0.29, 0.717) is 30.2 Å². The van der Waals surface area contributed by atoms with Crippen molar-refractivity contribution in [1.29, 1.82) is 0 Å². The molecule has 1 amide bonds. The number of hydrogen-bond donors (Lipinski definition) is 2. The fourth-order valence-corrected chi connectivity index (χ4v) is 3.17. The molecule has 1 aliphatic rings. The van der Waals surface area contributed by atoms with Crippen molar-refractivity contribution in [3.63, 3.8) is 0 Å². The normalized spacial score (nSPS) is 13.5. The molecule has 0 spiro atoms. The van der Waals surface area contributed by atoms with Crippen LogP contribution in [0, 0.1) is 0 Å². The molecule has 0 atom stereocenters. The van der Waals surface area contributed by atoms with Crippen molar-refractivity contribution in [2.45, 2.75) is 6.54 Å². The van der Waals surface area contributed by atoms with Crippen LogP contribution in [0.5, 0.6) is 11.5 Å². The predicted octanol–water partition coefficient (Wildman–Crippen LogP) is 1.82. The molecule has 3 rings (SSSR count). The van der Waals surface area contributed by atoms with E-state index < -0.39 is 11.9 Å². The van der Waals surface area contributed by atoms with Gasteiger partial charge in [0.15, 0.2) is 0 Å². The molecule has 0 bridgehead atoms. The predicted molar refractivity (Wildman–Crippen MR) is 112 cm³/mol. The van der Waals surface area contributed by atoms with Crippen molar-refractivity contribution in [3.05, 3.63) is 59.7 Å². The summed E-state index contributed by atoms with van der Waals surface area (Å²) < 4.78 is 10.7. The van der Waals surface area contributed by atoms with Crippen LogP contribution in [0.3, 0.4) is 0 Å². The highest BCUT2D eigenvalue weighted by Gasteiger charge is 2.27. The number of carboxylic acids is 2. The minimum atomic E-state index is -1.82. The minimum Gasteiger partial charge on any atom is -0.496 e. The first-order valence-electron chi connectivity index (χ1n) is 9.60. The van der Waals surface area contributed by atoms with Crippen molar-refractivity contribution in [2.75, 3.05) is 40.4 Å². The second-order valence-corrected chi connectivity index (χ2v) is 6.70. The summed E-state index contributed by atoms with van der Waals surface area (Å²) >= 11 is 0. The number of hydrogen-bond acceptors (Lipinski definition) is 6. The van der Waals surface area contributed by atoms with Crippen LogP contribution in [0.1, 0.15) is 15.9 Å². The Kier molecular flexibility index (Phi) is 8.83. The van der Waals surface area contributed by atoms with E-state index >= 15 is 0 Å². The Balaban J connectivity index is 0.000000501. The summed E-state index contributed by atoms with van der Waals surface area (Å²) in [6.45, 7) is 4.04. The molecule has 1 aliphatic heterocycles. The maximum absolute atomic E-state index is 13.0. The van der Waals surface area contributed by atoms with Gasteiger partial charge in [0.1, 0.15) is 17.1 Å². The maximum Gasteiger partial charge on any atom is 0.414 e. The van der Waals surface area contributed by atoms with Crippen LogP contribution in [0.4, 0.5) is 0 Å². The number of rotatable bonds is 5. The van der Waals surface area contributed by atoms with Crippen molar-refractivity contribution in [1.82, 2.24) is 9.80 Å². The second-order valence-electron chi connectivity index (χ2n) is 6.70. The van der Waals surface area contributed by atoms with Gasteiger partial charge in [0.05, 0.1) is 14.2 Å². The van der Waals surface area contributed by atoms with Gasteiger partial charge in [0.25, 0.3) is 5.91 Å². The summed E-state index contributed by atoms with van der Waals surface area (Å²) in [5, 5.41) is 14.8. The molecule has 31 heavy (non-hydrogen) atoms. The standard InChI is InChI=1S/C20H24N2O3.C2H2O4/c1-24-17-9-6-10-18(25-2)19(17)20(23)22-13-11-21(12-14-22)15-16-7-4-3-5-8-16;3-1(4)2(5)6/h3-10H,11-15H2,1-2H3;(H,3,4)(H,5,6). The zero-order chi connectivity index (χ0) is 22.8. The molecule has 9 nitrogen and oxygen atoms in total. The van der Waals surface area contributed by atoms with Crippen molar-refractivity contribution in [2.24, 2.45) is 0 Å². The van der Waals surface area contributed by atoms with Gasteiger partial charge >= 0.3 is 11.9 Å². The second kappa shape index (κ2) is 11.6. The number of carbonyl (C=O) groups is 3. The van der Waals surface area contributed by atoms with Gasteiger partial charge in [0.2, 0.25) is 0 Å². The average molecular weight is 430 g/mol. The van der Waals surface area contributed by atoms with Gasteiger partial charge < -0.3 is 24.6 Å². The van der Waals surface area contributed by atoms with Crippen molar-refractivity contribution in [3.8, 4) is 11.5 Å². The van der Waals surface area contributed by atoms with Gasteiger partial charge in [0, 0.05) is 32.7 Å². The lowest BCUT2D eigenvalue weighted by molar-refractivity contribution is -0.159. The maximum atomic E-state index is 13.0. The molecule has 0 unspecified atom stereocenters. The minimum absolute atomic E-state index is 0.0336. The van der Waals surface area contributed by atoms with Crippen LogP contribution in [0.2, 0.25) is 0 Å². The fourth-order valence-electron chi connectivity index (χ4n) is 3.17. The lowest BCUT2D eigenvalue weighted by Gasteiger charge is -2.35. The van der Waals surface area contributed by atoms with Gasteiger partial charge in [-0.1, -0.05) is 36.4 Å². The Morgan fingerprint density at radius 2 is 1.32 bits per heavy atom. The summed E-state index contributed by atoms with van der Waals surface area (Å²) in [5.74, 6) is -2.58. The fraction of sp³-hybridized carbons (Fsp3) is 0.318. The summed E-state index contributed by atoms with van der Waals surface area (Å²) in [7, 11) is 3.15. The zero-order valence-corrected chi connectivity index (χ0v) is 17.5. The summed E-state index contributed by atoms with van der Waals surface area (Å²) in [6, 6.07) is 15.8. The molecular formula is C22H26N2O7. The van der Waals surface area contributed by atoms with Crippen LogP contribution >= 0.6 is 0 Å². The zero-order valence-electron chi connectivity index (χ0n) is 17.5. The Labute approximate surface area is 180 Å². The van der Waals surface area contributed by atoms with Gasteiger partial charge in [-0.05, 0) is 17.7 Å². The number of carboxylic acid groups (broad SMARTS) is 2. The van der Waals surface area contributed by atoms with Crippen molar-refractivity contribution >= 4 is 17.8 Å². The van der Waals surface area contributed by atoms with Gasteiger partial charge in [-0.2, -0.15) is 0 Å². The molecule has 0 aromatic heterocycles. The topological polar surface area (TPSA) is 117 Å². The molecule has 2 N–H and O–H groups in total. The van der Waals surface area contributed by atoms with E-state index in [1.165, 1.54) is 5.56 Å². The third-order valence-electron chi connectivity index (χ3n) is 4.73. The quantitative estimate of drug-likeness (QED) is 0.690. The number of benzene rings is 2. The first-order chi connectivity index (χ1) is 14.9. The molecule has 166 valence electrons. The Morgan fingerprint density at radius 3 is 1.77 bits per heavy atom. The van der Waals surface area contributed by atoms with E-state index in [1.54, 1.807) is 26.4 Å². The third kappa shape index (κ3) is 6.71. The van der Waals surface area contributed by atoms with Gasteiger partial charge in [-0.25, -0.2) is 9.59 Å². The summed E-state index contributed by atoms with van der Waals surface area (Å²) in [6.07, 6.45) is 0. The van der Waals surface area contributed by atoms with Crippen LogP contribution < -0.4 is 9.47 Å². The number of nitrogens with zero attached hydrogens (tertiary/aromatic N) is 2. The van der Waals surface area contributed by atoms with Crippen LogP contribution in [-0.2, 0) is 16.1 Å². The number of piperazine rings is 1. The van der Waals surface area contributed by atoms with Gasteiger partial charge in [-0.3, -0.25) is 9.69 Å². The Bertz CT molecular complexity index is 860. The lowest BCUT2D eigenvalue weighted by atomic mass is 10.1. The molecule has 1 heterocycles. The SMILES string of the molecule is COc1cccc(OC)c1C(=O)N1CCN(Cc2ccccc2)CC1.O=C(O)C(=O)O. The van der Waals surface area contributed by atoms with E-state index in [4.69, 9.17) is 29.3 Å². The molecule has 0 radical (unpaired) electrons. The van der Waals surface area contributed by atoms with Crippen LogP contribution in [-0.4, -0.2) is 78.3 Å². The summed E-state index contributed by atoms with van der Waals surface area (Å²) in [5.41, 5.74) is 1.80. The highest BCUT2D eigenvalue weighted by molar-refractivity contribution is 6.27. The summed E-state index contributed by atoms with van der Waals surface area (Å²) in [4.78, 5) is 35.4. The van der Waals surface area contributed by atoms with E-state index in [1.807, 2.05) is 17.0 Å². The largest absolute Gasteiger partial charge is 0.496 e. The molecule has 1 saturated heterocycles. The Morgan fingerprint density at radius 1 is 0.806 bits per heavy atom. The van der Waals surface area contributed by atoms with E-state index in [9.17, 15) is 4.79 Å². The first kappa shape index (κ1) is 23.7. The van der Waals surface area contributed by atoms with Crippen LogP contribution in [0.15, 0.2) is 48.5 Å². The number of carbonyl (C=O) groups excluding carboxylic acids is 1. The lowest BCUT2D eigenvalue weighted by Crippen LogP contribution is -2.48. The molecular weight excluding hydrogens is 404 g/mol. The number of ether oxygens (including phenoxy) is 2. The average Bonchev–Trinajstić information content (AvgIpc) is 2.79. The highest BCUT2D eigenvalue weighted by atomic mass is 16.5. The molecule has 1 fully saturated rings. The number of methoxy groups -OCH3 is 2. The molecule has 2 aromatic rings. The Hall–Kier alpha value is -3.59. The van der Waals surface area contributed by atoms with Gasteiger partial charge in [-0.15, -0.1) is 0 Å². The molecule has 2 aromatic carbocycles. The third-order valence-corrected chi connectivity index (χ3v) is 4.73. The molecule has 0 saturated carbocycles. The van der Waals surface area contributed by atoms with Crippen molar-refractivity contribution < 1.29 is 34.1 Å². The molecule has 9 heteroatoms. The number of amides is 1. The van der Waals surface area contributed by atoms with E-state index in [2.05, 4.69) is 29.2 Å². The smallest absolute Gasteiger partial charge is 0.414 e. The monoisotopic (exact) mass is 430 g/mol. The van der Waals surface area contributed by atoms with Crippen LogP contribution in [0.25, 0.3) is 0 Å².